The van der Waals surface area contributed by atoms with Crippen LogP contribution in [-0.2, 0) is 93.3 Å². The molecule has 0 saturated heterocycles. The Morgan fingerprint density at radius 3 is 0.400 bits per heavy atom. The standard InChI is InChI=1S/3Cu.2W. The second kappa shape index (κ2) is 28.4. The molecule has 0 aliphatic carbocycles. The fourth-order valence-corrected chi connectivity index (χ4v) is 0. The fourth-order valence-electron chi connectivity index (χ4n) is 0. The molecule has 0 aromatic rings. The molecule has 0 bridgehead atoms. The van der Waals surface area contributed by atoms with Gasteiger partial charge in [-0.1, -0.05) is 0 Å². The van der Waals surface area contributed by atoms with E-state index in [2.05, 4.69) is 0 Å². The Morgan fingerprint density at radius 2 is 0.400 bits per heavy atom. The van der Waals surface area contributed by atoms with Gasteiger partial charge in [-0.2, -0.15) is 0 Å². The first-order valence-electron chi connectivity index (χ1n) is 0. The normalized spacial score (nSPS) is 0. The van der Waals surface area contributed by atoms with Crippen LogP contribution in [0, 0.1) is 0 Å². The summed E-state index contributed by atoms with van der Waals surface area (Å²) in [6, 6.07) is 0. The van der Waals surface area contributed by atoms with Crippen LogP contribution >= 0.6 is 0 Å². The van der Waals surface area contributed by atoms with Crippen molar-refractivity contribution in [3.05, 3.63) is 0 Å². The summed E-state index contributed by atoms with van der Waals surface area (Å²) in [5.41, 5.74) is 0. The van der Waals surface area contributed by atoms with Gasteiger partial charge in [0.1, 0.15) is 0 Å². The molecule has 0 unspecified atom stereocenters. The van der Waals surface area contributed by atoms with Gasteiger partial charge in [0.2, 0.25) is 0 Å². The summed E-state index contributed by atoms with van der Waals surface area (Å²) in [7, 11) is 0. The van der Waals surface area contributed by atoms with Crippen molar-refractivity contribution in [1.82, 2.24) is 0 Å². The maximum Gasteiger partial charge on any atom is 0 e. The van der Waals surface area contributed by atoms with Crippen LogP contribution < -0.4 is 0 Å². The van der Waals surface area contributed by atoms with E-state index >= 15 is 0 Å². The minimum absolute atomic E-state index is 0. The second-order valence-electron chi connectivity index (χ2n) is 0. The van der Waals surface area contributed by atoms with Crippen LogP contribution in [0.4, 0.5) is 0 Å². The Kier molecular flexibility index (Phi) is 251. The third-order valence-electron chi connectivity index (χ3n) is 0. The summed E-state index contributed by atoms with van der Waals surface area (Å²) < 4.78 is 0. The average molecular weight is 558 g/mol. The first-order chi connectivity index (χ1) is 0. The minimum atomic E-state index is 0. The Bertz CT molecular complexity index is 4.85. The molecule has 0 amide bonds. The molecule has 0 spiro atoms. The van der Waals surface area contributed by atoms with Gasteiger partial charge in [0, 0.05) is 93.3 Å². The maximum absolute atomic E-state index is 0. The molecule has 0 nitrogen and oxygen atoms in total. The number of hydrogen-bond donors (Lipinski definition) is 0. The van der Waals surface area contributed by atoms with Crippen LogP contribution in [-0.4, -0.2) is 0 Å². The van der Waals surface area contributed by atoms with Crippen LogP contribution in [0.2, 0.25) is 0 Å². The third kappa shape index (κ3) is 19.6. The van der Waals surface area contributed by atoms with Crippen molar-refractivity contribution in [1.29, 1.82) is 0 Å². The predicted molar refractivity (Wildman–Crippen MR) is 0 cm³/mol. The quantitative estimate of drug-likeness (QED) is 0.368. The topological polar surface area (TPSA) is 0 Å². The van der Waals surface area contributed by atoms with E-state index in [0.29, 0.717) is 0 Å². The van der Waals surface area contributed by atoms with E-state index in [-0.39, 0.29) is 93.3 Å². The minimum Gasteiger partial charge on any atom is 0 e. The van der Waals surface area contributed by atoms with Gasteiger partial charge in [-0.3, -0.25) is 0 Å². The molecule has 0 saturated carbocycles. The molecule has 0 atom stereocenters. The van der Waals surface area contributed by atoms with Gasteiger partial charge in [0.25, 0.3) is 0 Å². The van der Waals surface area contributed by atoms with Crippen molar-refractivity contribution >= 4 is 0 Å². The van der Waals surface area contributed by atoms with Gasteiger partial charge in [-0.15, -0.1) is 0 Å². The van der Waals surface area contributed by atoms with E-state index in [1.165, 1.54) is 0 Å². The SMILES string of the molecule is [Cu].[Cu].[Cu].[W].[W]. The van der Waals surface area contributed by atoms with E-state index < -0.39 is 0 Å². The van der Waals surface area contributed by atoms with Gasteiger partial charge in [-0.25, -0.2) is 0 Å². The maximum atomic E-state index is 0. The Labute approximate surface area is 91.9 Å². The first kappa shape index (κ1) is 44.3. The van der Waals surface area contributed by atoms with Gasteiger partial charge in [-0.05, 0) is 0 Å². The summed E-state index contributed by atoms with van der Waals surface area (Å²) in [6.07, 6.45) is 0. The van der Waals surface area contributed by atoms with Gasteiger partial charge in [0.05, 0.1) is 0 Å². The van der Waals surface area contributed by atoms with Crippen molar-refractivity contribution in [3.63, 3.8) is 0 Å². The zero-order valence-electron chi connectivity index (χ0n) is 1.72. The van der Waals surface area contributed by atoms with Crippen molar-refractivity contribution in [3.8, 4) is 0 Å². The van der Waals surface area contributed by atoms with E-state index in [9.17, 15) is 0 Å². The molecular weight excluding hydrogens is 558 g/mol. The zero-order chi connectivity index (χ0) is 0. The van der Waals surface area contributed by atoms with E-state index in [4.69, 9.17) is 0 Å². The van der Waals surface area contributed by atoms with Crippen molar-refractivity contribution in [2.45, 2.75) is 0 Å². The molecular formula is Cu3W2. The number of hydrogen-bond acceptors (Lipinski definition) is 0. The van der Waals surface area contributed by atoms with E-state index in [0.717, 1.165) is 0 Å². The Balaban J connectivity index is 0. The smallest absolute Gasteiger partial charge is 0 e. The van der Waals surface area contributed by atoms with E-state index in [1.807, 2.05) is 0 Å². The fraction of sp³-hybridized carbons (Fsp3) is 0. The molecule has 3 radical (unpaired) electrons. The van der Waals surface area contributed by atoms with Crippen LogP contribution in [0.5, 0.6) is 0 Å². The molecule has 0 aromatic carbocycles. The molecule has 0 heterocycles. The molecule has 0 aliphatic rings. The largest absolute Gasteiger partial charge is 0 e. The van der Waals surface area contributed by atoms with E-state index in [1.54, 1.807) is 0 Å². The van der Waals surface area contributed by atoms with Gasteiger partial charge in [0.15, 0.2) is 0 Å². The summed E-state index contributed by atoms with van der Waals surface area (Å²) >= 11 is 0. The molecule has 0 aromatic heterocycles. The molecule has 0 rings (SSSR count). The van der Waals surface area contributed by atoms with Crippen LogP contribution in [0.15, 0.2) is 0 Å². The zero-order valence-corrected chi connectivity index (χ0v) is 10.4. The molecule has 5 heavy (non-hydrogen) atoms. The number of rotatable bonds is 0. The summed E-state index contributed by atoms with van der Waals surface area (Å²) in [5.74, 6) is 0. The summed E-state index contributed by atoms with van der Waals surface area (Å²) in [5, 5.41) is 0. The van der Waals surface area contributed by atoms with Crippen molar-refractivity contribution in [2.75, 3.05) is 0 Å². The van der Waals surface area contributed by atoms with Crippen LogP contribution in [0.25, 0.3) is 0 Å². The van der Waals surface area contributed by atoms with Crippen LogP contribution in [0.3, 0.4) is 0 Å². The van der Waals surface area contributed by atoms with Gasteiger partial charge < -0.3 is 0 Å². The summed E-state index contributed by atoms with van der Waals surface area (Å²) in [6.45, 7) is 0. The molecule has 45 valence electrons. The Hall–Kier alpha value is 2.94. The molecule has 5 heteroatoms. The van der Waals surface area contributed by atoms with Crippen molar-refractivity contribution < 1.29 is 93.3 Å². The molecule has 0 aliphatic heterocycles. The summed E-state index contributed by atoms with van der Waals surface area (Å²) in [4.78, 5) is 0. The second-order valence-corrected chi connectivity index (χ2v) is 0. The van der Waals surface area contributed by atoms with Crippen LogP contribution in [0.1, 0.15) is 0 Å². The Morgan fingerprint density at radius 1 is 0.400 bits per heavy atom. The first-order valence-corrected chi connectivity index (χ1v) is 0. The predicted octanol–water partition coefficient (Wildman–Crippen LogP) is -0.0125. The monoisotopic (exact) mass is 557 g/mol. The molecule has 0 N–H and O–H groups in total. The average Bonchev–Trinajstić information content (AvgIpc) is 0. The molecule has 0 fully saturated rings. The van der Waals surface area contributed by atoms with Crippen molar-refractivity contribution in [2.24, 2.45) is 0 Å². The third-order valence-corrected chi connectivity index (χ3v) is 0. The van der Waals surface area contributed by atoms with Gasteiger partial charge >= 0.3 is 0 Å².